The Morgan fingerprint density at radius 1 is 1.27 bits per heavy atom. The number of nitrogens with zero attached hydrogens (tertiary/aromatic N) is 2. The highest BCUT2D eigenvalue weighted by Gasteiger charge is 2.05. The molecular weight excluding hydrogens is 256 g/mol. The lowest BCUT2D eigenvalue weighted by Crippen LogP contribution is -2.13. The first-order chi connectivity index (χ1) is 7.20. The van der Waals surface area contributed by atoms with E-state index in [0.717, 1.165) is 11.4 Å². The Hall–Kier alpha value is -1.42. The zero-order chi connectivity index (χ0) is 10.8. The molecule has 1 aromatic carbocycles. The maximum absolute atomic E-state index is 11.3. The molecule has 2 aromatic rings. The first kappa shape index (κ1) is 10.1. The summed E-state index contributed by atoms with van der Waals surface area (Å²) in [5.41, 5.74) is 1.64. The van der Waals surface area contributed by atoms with Gasteiger partial charge >= 0.3 is 0 Å². The summed E-state index contributed by atoms with van der Waals surface area (Å²) in [6, 6.07) is 9.69. The fourth-order valence-electron chi connectivity index (χ4n) is 1.35. The number of rotatable bonds is 1. The van der Waals surface area contributed by atoms with Gasteiger partial charge in [-0.05, 0) is 35.0 Å². The molecule has 0 amide bonds. The maximum Gasteiger partial charge on any atom is 0.214 e. The van der Waals surface area contributed by atoms with Crippen molar-refractivity contribution in [3.05, 3.63) is 56.9 Å². The van der Waals surface area contributed by atoms with Crippen LogP contribution in [-0.4, -0.2) is 9.78 Å². The minimum Gasteiger partial charge on any atom is -0.287 e. The lowest BCUT2D eigenvalue weighted by molar-refractivity contribution is 0.792. The van der Waals surface area contributed by atoms with Crippen LogP contribution >= 0.6 is 15.9 Å². The molecule has 0 fully saturated rings. The number of aromatic nitrogens is 2. The van der Waals surface area contributed by atoms with Crippen LogP contribution < -0.4 is 5.43 Å². The van der Waals surface area contributed by atoms with E-state index in [9.17, 15) is 4.79 Å². The standard InChI is InChI=1S/C11H9BrN2O/c1-8-11(12)10(15)7-13-14(8)9-5-3-2-4-6-9/h2-7H,1H3. The van der Waals surface area contributed by atoms with Crippen molar-refractivity contribution in [2.24, 2.45) is 0 Å². The molecule has 76 valence electrons. The predicted octanol–water partition coefficient (Wildman–Crippen LogP) is 2.30. The minimum absolute atomic E-state index is 0.0975. The van der Waals surface area contributed by atoms with Gasteiger partial charge in [0, 0.05) is 0 Å². The van der Waals surface area contributed by atoms with Crippen molar-refractivity contribution in [1.82, 2.24) is 9.78 Å². The van der Waals surface area contributed by atoms with Crippen LogP contribution in [0.1, 0.15) is 5.69 Å². The molecule has 0 aliphatic rings. The lowest BCUT2D eigenvalue weighted by Gasteiger charge is -2.09. The van der Waals surface area contributed by atoms with E-state index in [0.29, 0.717) is 4.47 Å². The topological polar surface area (TPSA) is 34.9 Å². The summed E-state index contributed by atoms with van der Waals surface area (Å²) in [6.45, 7) is 1.85. The SMILES string of the molecule is Cc1c(Br)c(=O)cnn1-c1ccccc1. The average Bonchev–Trinajstić information content (AvgIpc) is 2.27. The molecule has 0 saturated heterocycles. The summed E-state index contributed by atoms with van der Waals surface area (Å²) in [7, 11) is 0. The van der Waals surface area contributed by atoms with E-state index in [-0.39, 0.29) is 5.43 Å². The van der Waals surface area contributed by atoms with E-state index in [1.165, 1.54) is 6.20 Å². The molecule has 3 nitrogen and oxygen atoms in total. The van der Waals surface area contributed by atoms with Gasteiger partial charge in [-0.2, -0.15) is 5.10 Å². The van der Waals surface area contributed by atoms with Crippen molar-refractivity contribution < 1.29 is 0 Å². The molecule has 0 bridgehead atoms. The molecule has 0 saturated carbocycles. The molecule has 0 atom stereocenters. The third kappa shape index (κ3) is 1.85. The van der Waals surface area contributed by atoms with Gasteiger partial charge in [-0.25, -0.2) is 4.68 Å². The van der Waals surface area contributed by atoms with Gasteiger partial charge in [-0.3, -0.25) is 4.79 Å². The number of benzene rings is 1. The van der Waals surface area contributed by atoms with Crippen LogP contribution in [0.5, 0.6) is 0 Å². The van der Waals surface area contributed by atoms with Crippen LogP contribution in [-0.2, 0) is 0 Å². The van der Waals surface area contributed by atoms with Crippen LogP contribution in [0.15, 0.2) is 45.8 Å². The Morgan fingerprint density at radius 3 is 2.60 bits per heavy atom. The minimum atomic E-state index is -0.0975. The molecule has 0 radical (unpaired) electrons. The van der Waals surface area contributed by atoms with Gasteiger partial charge in [0.05, 0.1) is 22.1 Å². The Balaban J connectivity index is 2.65. The molecule has 1 aromatic heterocycles. The molecule has 0 aliphatic heterocycles. The zero-order valence-corrected chi connectivity index (χ0v) is 9.73. The van der Waals surface area contributed by atoms with Crippen molar-refractivity contribution in [2.45, 2.75) is 6.92 Å². The molecule has 0 spiro atoms. The quantitative estimate of drug-likeness (QED) is 0.793. The fraction of sp³-hybridized carbons (Fsp3) is 0.0909. The molecule has 15 heavy (non-hydrogen) atoms. The van der Waals surface area contributed by atoms with Crippen LogP contribution in [0.2, 0.25) is 0 Å². The summed E-state index contributed by atoms with van der Waals surface area (Å²) in [5, 5.41) is 4.08. The summed E-state index contributed by atoms with van der Waals surface area (Å²) in [5.74, 6) is 0. The van der Waals surface area contributed by atoms with Gasteiger partial charge in [0.1, 0.15) is 0 Å². The largest absolute Gasteiger partial charge is 0.287 e. The summed E-state index contributed by atoms with van der Waals surface area (Å²) in [6.07, 6.45) is 1.31. The highest BCUT2D eigenvalue weighted by Crippen LogP contribution is 2.13. The van der Waals surface area contributed by atoms with Crippen molar-refractivity contribution in [3.8, 4) is 5.69 Å². The predicted molar refractivity (Wildman–Crippen MR) is 62.3 cm³/mol. The summed E-state index contributed by atoms with van der Waals surface area (Å²) >= 11 is 3.25. The van der Waals surface area contributed by atoms with E-state index < -0.39 is 0 Å². The van der Waals surface area contributed by atoms with E-state index in [1.54, 1.807) is 4.68 Å². The molecule has 0 aliphatic carbocycles. The van der Waals surface area contributed by atoms with Gasteiger partial charge in [-0.15, -0.1) is 0 Å². The van der Waals surface area contributed by atoms with E-state index in [1.807, 2.05) is 37.3 Å². The molecule has 0 N–H and O–H groups in total. The Labute approximate surface area is 95.5 Å². The normalized spacial score (nSPS) is 10.3. The van der Waals surface area contributed by atoms with E-state index in [4.69, 9.17) is 0 Å². The second kappa shape index (κ2) is 3.98. The Bertz CT molecular complexity index is 534. The smallest absolute Gasteiger partial charge is 0.214 e. The number of hydrogen-bond donors (Lipinski definition) is 0. The van der Waals surface area contributed by atoms with E-state index >= 15 is 0 Å². The van der Waals surface area contributed by atoms with Gasteiger partial charge in [0.2, 0.25) is 5.43 Å². The average molecular weight is 265 g/mol. The number of hydrogen-bond acceptors (Lipinski definition) is 2. The molecule has 0 unspecified atom stereocenters. The van der Waals surface area contributed by atoms with Crippen molar-refractivity contribution in [3.63, 3.8) is 0 Å². The third-order valence-corrected chi connectivity index (χ3v) is 3.11. The fourth-order valence-corrected chi connectivity index (χ4v) is 1.62. The summed E-state index contributed by atoms with van der Waals surface area (Å²) in [4.78, 5) is 11.3. The Morgan fingerprint density at radius 2 is 1.93 bits per heavy atom. The molecule has 4 heteroatoms. The van der Waals surface area contributed by atoms with Gasteiger partial charge in [0.15, 0.2) is 0 Å². The second-order valence-electron chi connectivity index (χ2n) is 3.16. The lowest BCUT2D eigenvalue weighted by atomic mass is 10.3. The number of para-hydroxylation sites is 1. The number of halogens is 1. The molecular formula is C11H9BrN2O. The highest BCUT2D eigenvalue weighted by atomic mass is 79.9. The van der Waals surface area contributed by atoms with Crippen LogP contribution in [0.25, 0.3) is 5.69 Å². The summed E-state index contributed by atoms with van der Waals surface area (Å²) < 4.78 is 2.28. The molecule has 1 heterocycles. The van der Waals surface area contributed by atoms with Crippen molar-refractivity contribution >= 4 is 15.9 Å². The van der Waals surface area contributed by atoms with Crippen molar-refractivity contribution in [2.75, 3.05) is 0 Å². The van der Waals surface area contributed by atoms with Crippen LogP contribution in [0, 0.1) is 6.92 Å². The third-order valence-electron chi connectivity index (χ3n) is 2.14. The van der Waals surface area contributed by atoms with Crippen LogP contribution in [0.3, 0.4) is 0 Å². The first-order valence-corrected chi connectivity index (χ1v) is 5.29. The van der Waals surface area contributed by atoms with Crippen molar-refractivity contribution in [1.29, 1.82) is 0 Å². The highest BCUT2D eigenvalue weighted by molar-refractivity contribution is 9.10. The Kier molecular flexibility index (Phi) is 2.68. The second-order valence-corrected chi connectivity index (χ2v) is 3.95. The zero-order valence-electron chi connectivity index (χ0n) is 8.14. The monoisotopic (exact) mass is 264 g/mol. The van der Waals surface area contributed by atoms with Gasteiger partial charge < -0.3 is 0 Å². The van der Waals surface area contributed by atoms with Gasteiger partial charge in [-0.1, -0.05) is 18.2 Å². The maximum atomic E-state index is 11.3. The van der Waals surface area contributed by atoms with E-state index in [2.05, 4.69) is 21.0 Å². The molecule has 2 rings (SSSR count). The first-order valence-electron chi connectivity index (χ1n) is 4.50. The van der Waals surface area contributed by atoms with Gasteiger partial charge in [0.25, 0.3) is 0 Å². The van der Waals surface area contributed by atoms with Crippen LogP contribution in [0.4, 0.5) is 0 Å².